The Labute approximate surface area is 96.2 Å². The van der Waals surface area contributed by atoms with Crippen LogP contribution in [-0.4, -0.2) is 11.7 Å². The van der Waals surface area contributed by atoms with E-state index >= 15 is 0 Å². The summed E-state index contributed by atoms with van der Waals surface area (Å²) in [5.41, 5.74) is 2.31. The van der Waals surface area contributed by atoms with Crippen LogP contribution in [-0.2, 0) is 6.42 Å². The van der Waals surface area contributed by atoms with Gasteiger partial charge in [-0.2, -0.15) is 0 Å². The highest BCUT2D eigenvalue weighted by molar-refractivity contribution is 5.40. The van der Waals surface area contributed by atoms with E-state index in [0.717, 1.165) is 36.7 Å². The van der Waals surface area contributed by atoms with Gasteiger partial charge in [0.15, 0.2) is 0 Å². The molecule has 1 heterocycles. The highest BCUT2D eigenvalue weighted by Gasteiger charge is 2.23. The summed E-state index contributed by atoms with van der Waals surface area (Å²) < 4.78 is 5.46. The normalized spacial score (nSPS) is 20.3. The fourth-order valence-electron chi connectivity index (χ4n) is 2.38. The summed E-state index contributed by atoms with van der Waals surface area (Å²) in [6.45, 7) is 0.789. The number of aliphatic hydroxyl groups excluding tert-OH is 1. The summed E-state index contributed by atoms with van der Waals surface area (Å²) in [5, 5.41) is 10.1. The van der Waals surface area contributed by atoms with E-state index in [1.165, 1.54) is 24.8 Å². The van der Waals surface area contributed by atoms with Crippen LogP contribution in [0.3, 0.4) is 0 Å². The van der Waals surface area contributed by atoms with Crippen molar-refractivity contribution >= 4 is 0 Å². The van der Waals surface area contributed by atoms with Gasteiger partial charge in [-0.05, 0) is 42.0 Å². The molecule has 1 aliphatic heterocycles. The molecule has 3 rings (SSSR count). The highest BCUT2D eigenvalue weighted by atomic mass is 16.5. The minimum absolute atomic E-state index is 0.286. The summed E-state index contributed by atoms with van der Waals surface area (Å²) in [6, 6.07) is 6.11. The van der Waals surface area contributed by atoms with Gasteiger partial charge in [-0.25, -0.2) is 0 Å². The van der Waals surface area contributed by atoms with Gasteiger partial charge in [0.2, 0.25) is 0 Å². The van der Waals surface area contributed by atoms with E-state index in [2.05, 4.69) is 6.07 Å². The standard InChI is InChI=1S/C14H18O2/c15-13(5-3-10-1-2-10)11-4-6-14-12(9-11)7-8-16-14/h4,6,9-10,13,15H,1-3,5,7-8H2. The largest absolute Gasteiger partial charge is 0.493 e. The number of ether oxygens (including phenoxy) is 1. The molecule has 0 spiro atoms. The minimum atomic E-state index is -0.286. The Balaban J connectivity index is 1.67. The van der Waals surface area contributed by atoms with E-state index in [-0.39, 0.29) is 6.10 Å². The van der Waals surface area contributed by atoms with Crippen LogP contribution in [0.25, 0.3) is 0 Å². The van der Waals surface area contributed by atoms with Crippen LogP contribution in [0.1, 0.15) is 42.9 Å². The van der Waals surface area contributed by atoms with Crippen molar-refractivity contribution in [2.24, 2.45) is 5.92 Å². The molecule has 86 valence electrons. The fourth-order valence-corrected chi connectivity index (χ4v) is 2.38. The molecule has 1 fully saturated rings. The third-order valence-corrected chi connectivity index (χ3v) is 3.64. The lowest BCUT2D eigenvalue weighted by molar-refractivity contribution is 0.162. The van der Waals surface area contributed by atoms with Gasteiger partial charge in [0.25, 0.3) is 0 Å². The van der Waals surface area contributed by atoms with Gasteiger partial charge in [-0.1, -0.05) is 18.9 Å². The maximum atomic E-state index is 10.1. The summed E-state index contributed by atoms with van der Waals surface area (Å²) in [7, 11) is 0. The first-order chi connectivity index (χ1) is 7.83. The Morgan fingerprint density at radius 1 is 1.38 bits per heavy atom. The lowest BCUT2D eigenvalue weighted by Gasteiger charge is -2.11. The topological polar surface area (TPSA) is 29.5 Å². The summed E-state index contributed by atoms with van der Waals surface area (Å²) in [6.07, 6.45) is 5.51. The molecule has 16 heavy (non-hydrogen) atoms. The number of hydrogen-bond acceptors (Lipinski definition) is 2. The maximum absolute atomic E-state index is 10.1. The van der Waals surface area contributed by atoms with Crippen molar-refractivity contribution < 1.29 is 9.84 Å². The zero-order valence-corrected chi connectivity index (χ0v) is 9.48. The maximum Gasteiger partial charge on any atom is 0.122 e. The van der Waals surface area contributed by atoms with E-state index in [1.807, 2.05) is 12.1 Å². The monoisotopic (exact) mass is 218 g/mol. The van der Waals surface area contributed by atoms with Crippen molar-refractivity contribution in [3.63, 3.8) is 0 Å². The summed E-state index contributed by atoms with van der Waals surface area (Å²) in [4.78, 5) is 0. The molecular weight excluding hydrogens is 200 g/mol. The number of benzene rings is 1. The Morgan fingerprint density at radius 3 is 3.06 bits per heavy atom. The summed E-state index contributed by atoms with van der Waals surface area (Å²) in [5.74, 6) is 1.89. The van der Waals surface area contributed by atoms with Gasteiger partial charge in [-0.15, -0.1) is 0 Å². The molecule has 0 radical (unpaired) electrons. The van der Waals surface area contributed by atoms with Crippen LogP contribution in [0.5, 0.6) is 5.75 Å². The molecule has 1 atom stereocenters. The average Bonchev–Trinajstić information content (AvgIpc) is 3.01. The van der Waals surface area contributed by atoms with Crippen molar-refractivity contribution in [2.45, 2.75) is 38.2 Å². The Morgan fingerprint density at radius 2 is 2.25 bits per heavy atom. The predicted molar refractivity (Wildman–Crippen MR) is 62.6 cm³/mol. The molecule has 1 aromatic rings. The van der Waals surface area contributed by atoms with Crippen LogP contribution >= 0.6 is 0 Å². The molecule has 1 saturated carbocycles. The van der Waals surface area contributed by atoms with E-state index < -0.39 is 0 Å². The zero-order valence-electron chi connectivity index (χ0n) is 9.48. The molecule has 0 aromatic heterocycles. The fraction of sp³-hybridized carbons (Fsp3) is 0.571. The first kappa shape index (κ1) is 10.2. The van der Waals surface area contributed by atoms with Gasteiger partial charge >= 0.3 is 0 Å². The van der Waals surface area contributed by atoms with Gasteiger partial charge < -0.3 is 9.84 Å². The van der Waals surface area contributed by atoms with Crippen LogP contribution in [0.4, 0.5) is 0 Å². The van der Waals surface area contributed by atoms with Crippen LogP contribution in [0, 0.1) is 5.92 Å². The molecule has 0 bridgehead atoms. The van der Waals surface area contributed by atoms with E-state index in [9.17, 15) is 5.11 Å². The average molecular weight is 218 g/mol. The zero-order chi connectivity index (χ0) is 11.0. The van der Waals surface area contributed by atoms with Crippen molar-refractivity contribution in [3.05, 3.63) is 29.3 Å². The number of rotatable bonds is 4. The van der Waals surface area contributed by atoms with Gasteiger partial charge in [-0.3, -0.25) is 0 Å². The number of aliphatic hydroxyl groups is 1. The molecule has 2 heteroatoms. The number of fused-ring (bicyclic) bond motifs is 1. The second-order valence-corrected chi connectivity index (χ2v) is 5.00. The Hall–Kier alpha value is -1.02. The second-order valence-electron chi connectivity index (χ2n) is 5.00. The van der Waals surface area contributed by atoms with Crippen molar-refractivity contribution in [2.75, 3.05) is 6.61 Å². The Kier molecular flexibility index (Phi) is 2.60. The first-order valence-electron chi connectivity index (χ1n) is 6.26. The molecule has 0 saturated heterocycles. The van der Waals surface area contributed by atoms with E-state index in [1.54, 1.807) is 0 Å². The molecule has 1 aromatic carbocycles. The second kappa shape index (κ2) is 4.10. The van der Waals surface area contributed by atoms with Crippen molar-refractivity contribution in [1.82, 2.24) is 0 Å². The van der Waals surface area contributed by atoms with Crippen LogP contribution in [0.2, 0.25) is 0 Å². The molecule has 2 aliphatic rings. The molecular formula is C14H18O2. The molecule has 0 amide bonds. The highest BCUT2D eigenvalue weighted by Crippen LogP contribution is 2.36. The van der Waals surface area contributed by atoms with Crippen molar-refractivity contribution in [1.29, 1.82) is 0 Å². The third-order valence-electron chi connectivity index (χ3n) is 3.64. The SMILES string of the molecule is OC(CCC1CC1)c1ccc2c(c1)CCO2. The summed E-state index contributed by atoms with van der Waals surface area (Å²) >= 11 is 0. The number of hydrogen-bond donors (Lipinski definition) is 1. The molecule has 1 aliphatic carbocycles. The Bertz CT molecular complexity index is 382. The van der Waals surface area contributed by atoms with E-state index in [4.69, 9.17) is 4.74 Å². The van der Waals surface area contributed by atoms with Crippen molar-refractivity contribution in [3.8, 4) is 5.75 Å². The molecule has 2 nitrogen and oxygen atoms in total. The smallest absolute Gasteiger partial charge is 0.122 e. The molecule has 1 N–H and O–H groups in total. The quantitative estimate of drug-likeness (QED) is 0.842. The lowest BCUT2D eigenvalue weighted by atomic mass is 10.0. The van der Waals surface area contributed by atoms with E-state index in [0.29, 0.717) is 0 Å². The van der Waals surface area contributed by atoms with Crippen LogP contribution in [0.15, 0.2) is 18.2 Å². The molecule has 1 unspecified atom stereocenters. The van der Waals surface area contributed by atoms with Gasteiger partial charge in [0.1, 0.15) is 5.75 Å². The first-order valence-corrected chi connectivity index (χ1v) is 6.26. The van der Waals surface area contributed by atoms with Gasteiger partial charge in [0, 0.05) is 6.42 Å². The predicted octanol–water partition coefficient (Wildman–Crippen LogP) is 2.85. The third kappa shape index (κ3) is 2.07. The lowest BCUT2D eigenvalue weighted by Crippen LogP contribution is -1.98. The van der Waals surface area contributed by atoms with Gasteiger partial charge in [0.05, 0.1) is 12.7 Å². The van der Waals surface area contributed by atoms with Crippen LogP contribution < -0.4 is 4.74 Å². The minimum Gasteiger partial charge on any atom is -0.493 e.